The van der Waals surface area contributed by atoms with E-state index < -0.39 is 6.37 Å². The van der Waals surface area contributed by atoms with Crippen LogP contribution >= 0.6 is 0 Å². The van der Waals surface area contributed by atoms with Gasteiger partial charge in [0.15, 0.2) is 0 Å². The van der Waals surface area contributed by atoms with Crippen molar-refractivity contribution in [2.45, 2.75) is 12.9 Å². The molecule has 1 saturated heterocycles. The van der Waals surface area contributed by atoms with Gasteiger partial charge in [0.25, 0.3) is 0 Å². The molecule has 1 aliphatic heterocycles. The number of hydrogen-bond donors (Lipinski definition) is 0. The van der Waals surface area contributed by atoms with Gasteiger partial charge in [-0.05, 0) is 24.1 Å². The van der Waals surface area contributed by atoms with Gasteiger partial charge in [-0.15, -0.1) is 0 Å². The molecule has 2 rings (SSSR count). The van der Waals surface area contributed by atoms with Crippen LogP contribution in [0.15, 0.2) is 24.3 Å². The van der Waals surface area contributed by atoms with E-state index in [4.69, 9.17) is 12.2 Å². The molecule has 1 aromatic rings. The molecule has 1 fully saturated rings. The number of rotatable bonds is 3. The maximum Gasteiger partial charge on any atom is 0.118 e. The first kappa shape index (κ1) is 9.02. The third-order valence-electron chi connectivity index (χ3n) is 2.66. The van der Waals surface area contributed by atoms with Crippen molar-refractivity contribution < 1.29 is 12.2 Å². The van der Waals surface area contributed by atoms with Gasteiger partial charge in [0.2, 0.25) is 0 Å². The fourth-order valence-electron chi connectivity index (χ4n) is 1.74. The highest BCUT2D eigenvalue weighted by Gasteiger charge is 2.09. The second kappa shape index (κ2) is 5.87. The van der Waals surface area contributed by atoms with Crippen molar-refractivity contribution >= 4 is 0 Å². The van der Waals surface area contributed by atoms with E-state index in [0.29, 0.717) is 13.2 Å². The van der Waals surface area contributed by atoms with Crippen LogP contribution in [-0.2, 0) is 11.3 Å². The second-order valence-corrected chi connectivity index (χ2v) is 3.86. The summed E-state index contributed by atoms with van der Waals surface area (Å²) < 4.78 is 26.0. The topological polar surface area (TPSA) is 21.7 Å². The molecular weight excluding hydrogens is 202 g/mol. The molecule has 0 N–H and O–H groups in total. The molecular formula is C13H19NO2. The molecule has 3 heteroatoms. The molecule has 0 unspecified atom stereocenters. The maximum absolute atomic E-state index is 7.81. The predicted octanol–water partition coefficient (Wildman–Crippen LogP) is 1.92. The highest BCUT2D eigenvalue weighted by molar-refractivity contribution is 5.27. The Morgan fingerprint density at radius 2 is 2.12 bits per heavy atom. The van der Waals surface area contributed by atoms with Crippen LogP contribution in [0, 0.1) is 0 Å². The zero-order valence-corrected chi connectivity index (χ0v) is 9.61. The Morgan fingerprint density at radius 3 is 2.88 bits per heavy atom. The zero-order chi connectivity index (χ0) is 13.0. The Morgan fingerprint density at radius 1 is 1.31 bits per heavy atom. The van der Waals surface area contributed by atoms with E-state index in [9.17, 15) is 0 Å². The Labute approximate surface area is 99.8 Å². The third-order valence-corrected chi connectivity index (χ3v) is 2.66. The minimum atomic E-state index is -1.26. The van der Waals surface area contributed by atoms with Crippen molar-refractivity contribution in [1.82, 2.24) is 4.90 Å². The first-order chi connectivity index (χ1) is 8.59. The number of nitrogens with zero attached hydrogens (tertiary/aromatic N) is 1. The van der Waals surface area contributed by atoms with Crippen molar-refractivity contribution in [3.05, 3.63) is 29.8 Å². The van der Waals surface area contributed by atoms with E-state index >= 15 is 0 Å². The van der Waals surface area contributed by atoms with Crippen LogP contribution in [0.5, 0.6) is 5.75 Å². The van der Waals surface area contributed by atoms with E-state index in [1.54, 1.807) is 7.11 Å². The molecule has 0 spiro atoms. The normalized spacial score (nSPS) is 23.1. The standard InChI is InChI=1S/C13H19NO2/c1-15-13-5-3-12(4-6-13)11-14-7-2-9-16-10-8-14/h3-6H,2,7-11H2,1H3/i2D2. The SMILES string of the molecule is [2H]C1([2H])COCCN(Cc2ccc(OC)cc2)C1. The van der Waals surface area contributed by atoms with Crippen molar-refractivity contribution in [1.29, 1.82) is 0 Å². The van der Waals surface area contributed by atoms with Gasteiger partial charge >= 0.3 is 0 Å². The lowest BCUT2D eigenvalue weighted by molar-refractivity contribution is 0.140. The molecule has 0 atom stereocenters. The first-order valence-corrected chi connectivity index (χ1v) is 5.52. The number of ether oxygens (including phenoxy) is 2. The lowest BCUT2D eigenvalue weighted by Gasteiger charge is -2.19. The van der Waals surface area contributed by atoms with Gasteiger partial charge in [-0.3, -0.25) is 4.90 Å². The van der Waals surface area contributed by atoms with Crippen LogP contribution < -0.4 is 4.74 Å². The Balaban J connectivity index is 1.98. The molecule has 3 nitrogen and oxygen atoms in total. The van der Waals surface area contributed by atoms with Gasteiger partial charge in [0, 0.05) is 29.0 Å². The van der Waals surface area contributed by atoms with Crippen LogP contribution in [0.1, 0.15) is 14.7 Å². The van der Waals surface area contributed by atoms with Crippen LogP contribution in [0.25, 0.3) is 0 Å². The highest BCUT2D eigenvalue weighted by atomic mass is 16.5. The average Bonchev–Trinajstić information content (AvgIpc) is 2.51. The quantitative estimate of drug-likeness (QED) is 0.781. The fourth-order valence-corrected chi connectivity index (χ4v) is 1.74. The summed E-state index contributed by atoms with van der Waals surface area (Å²) in [5.74, 6) is 0.841. The molecule has 0 radical (unpaired) electrons. The molecule has 0 saturated carbocycles. The van der Waals surface area contributed by atoms with Crippen molar-refractivity contribution in [3.8, 4) is 5.75 Å². The van der Waals surface area contributed by atoms with Gasteiger partial charge < -0.3 is 9.47 Å². The summed E-state index contributed by atoms with van der Waals surface area (Å²) in [6.07, 6.45) is -1.26. The van der Waals surface area contributed by atoms with E-state index in [-0.39, 0.29) is 6.61 Å². The van der Waals surface area contributed by atoms with Crippen LogP contribution in [0.2, 0.25) is 0 Å². The Bertz CT molecular complexity index is 381. The third kappa shape index (κ3) is 3.22. The van der Waals surface area contributed by atoms with Crippen LogP contribution in [-0.4, -0.2) is 38.3 Å². The average molecular weight is 223 g/mol. The summed E-state index contributed by atoms with van der Waals surface area (Å²) in [6.45, 7) is 2.71. The summed E-state index contributed by atoms with van der Waals surface area (Å²) in [4.78, 5) is 2.09. The van der Waals surface area contributed by atoms with Crippen molar-refractivity contribution in [3.63, 3.8) is 0 Å². The molecule has 1 aromatic carbocycles. The maximum atomic E-state index is 7.81. The Hall–Kier alpha value is -1.06. The monoisotopic (exact) mass is 223 g/mol. The molecule has 1 aliphatic rings. The van der Waals surface area contributed by atoms with Gasteiger partial charge in [-0.25, -0.2) is 0 Å². The van der Waals surface area contributed by atoms with Gasteiger partial charge in [-0.1, -0.05) is 12.1 Å². The summed E-state index contributed by atoms with van der Waals surface area (Å²) in [6, 6.07) is 7.89. The van der Waals surface area contributed by atoms with Crippen molar-refractivity contribution in [2.24, 2.45) is 0 Å². The van der Waals surface area contributed by atoms with E-state index in [1.807, 2.05) is 24.3 Å². The van der Waals surface area contributed by atoms with E-state index in [0.717, 1.165) is 24.4 Å². The lowest BCUT2D eigenvalue weighted by Crippen LogP contribution is -2.25. The molecule has 88 valence electrons. The summed E-state index contributed by atoms with van der Waals surface area (Å²) in [5.41, 5.74) is 1.16. The molecule has 1 heterocycles. The largest absolute Gasteiger partial charge is 0.497 e. The fraction of sp³-hybridized carbons (Fsp3) is 0.538. The van der Waals surface area contributed by atoms with Gasteiger partial charge in [-0.2, -0.15) is 0 Å². The molecule has 0 amide bonds. The van der Waals surface area contributed by atoms with Crippen LogP contribution in [0.3, 0.4) is 0 Å². The minimum Gasteiger partial charge on any atom is -0.497 e. The summed E-state index contributed by atoms with van der Waals surface area (Å²) >= 11 is 0. The summed E-state index contributed by atoms with van der Waals surface area (Å²) in [7, 11) is 1.65. The van der Waals surface area contributed by atoms with E-state index in [2.05, 4.69) is 4.90 Å². The van der Waals surface area contributed by atoms with Crippen molar-refractivity contribution in [2.75, 3.05) is 33.4 Å². The minimum absolute atomic E-state index is 0.187. The van der Waals surface area contributed by atoms with Gasteiger partial charge in [0.05, 0.1) is 13.7 Å². The molecule has 0 aromatic heterocycles. The summed E-state index contributed by atoms with van der Waals surface area (Å²) in [5, 5.41) is 0. The zero-order valence-electron chi connectivity index (χ0n) is 11.6. The number of hydrogen-bond acceptors (Lipinski definition) is 3. The van der Waals surface area contributed by atoms with E-state index in [1.165, 1.54) is 0 Å². The van der Waals surface area contributed by atoms with Crippen LogP contribution in [0.4, 0.5) is 0 Å². The molecule has 0 bridgehead atoms. The van der Waals surface area contributed by atoms with Gasteiger partial charge in [0.1, 0.15) is 5.75 Å². The predicted molar refractivity (Wildman–Crippen MR) is 63.7 cm³/mol. The second-order valence-electron chi connectivity index (χ2n) is 3.86. The lowest BCUT2D eigenvalue weighted by atomic mass is 10.2. The smallest absolute Gasteiger partial charge is 0.118 e. The number of methoxy groups -OCH3 is 1. The highest BCUT2D eigenvalue weighted by Crippen LogP contribution is 2.13. The Kier molecular flexibility index (Phi) is 3.31. The number of benzene rings is 1. The molecule has 0 aliphatic carbocycles. The molecule has 16 heavy (non-hydrogen) atoms. The first-order valence-electron chi connectivity index (χ1n) is 6.52.